The van der Waals surface area contributed by atoms with E-state index in [0.717, 1.165) is 20.9 Å². The van der Waals surface area contributed by atoms with Crippen molar-refractivity contribution in [1.82, 2.24) is 9.80 Å². The predicted octanol–water partition coefficient (Wildman–Crippen LogP) is 3.67. The Labute approximate surface area is 184 Å². The molecule has 7 heteroatoms. The van der Waals surface area contributed by atoms with Gasteiger partial charge in [-0.25, -0.2) is 4.79 Å². The molecule has 0 aliphatic carbocycles. The van der Waals surface area contributed by atoms with E-state index in [-0.39, 0.29) is 30.2 Å². The molecule has 1 aliphatic heterocycles. The average molecular weight is 428 g/mol. The SMILES string of the molecule is O=C1C(=Cc2ccc(O)c(O)c2)C(=O)N(Cc2ccccc2)C(=O)N1Cc1ccccc1. The van der Waals surface area contributed by atoms with Gasteiger partial charge in [-0.1, -0.05) is 66.7 Å². The highest BCUT2D eigenvalue weighted by Crippen LogP contribution is 2.28. The van der Waals surface area contributed by atoms with Crippen molar-refractivity contribution in [1.29, 1.82) is 0 Å². The first-order valence-corrected chi connectivity index (χ1v) is 9.93. The average Bonchev–Trinajstić information content (AvgIpc) is 2.81. The quantitative estimate of drug-likeness (QED) is 0.367. The summed E-state index contributed by atoms with van der Waals surface area (Å²) in [6, 6.07) is 21.3. The summed E-state index contributed by atoms with van der Waals surface area (Å²) < 4.78 is 0. The molecular weight excluding hydrogens is 408 g/mol. The van der Waals surface area contributed by atoms with Gasteiger partial charge in [0.05, 0.1) is 13.1 Å². The van der Waals surface area contributed by atoms with Gasteiger partial charge in [0.25, 0.3) is 11.8 Å². The molecule has 0 spiro atoms. The number of rotatable bonds is 5. The van der Waals surface area contributed by atoms with Crippen molar-refractivity contribution in [2.24, 2.45) is 0 Å². The normalized spacial score (nSPS) is 14.1. The Balaban J connectivity index is 1.74. The van der Waals surface area contributed by atoms with Gasteiger partial charge < -0.3 is 10.2 Å². The summed E-state index contributed by atoms with van der Waals surface area (Å²) in [5.74, 6) is -2.14. The van der Waals surface area contributed by atoms with Crippen molar-refractivity contribution in [2.75, 3.05) is 0 Å². The summed E-state index contributed by atoms with van der Waals surface area (Å²) in [7, 11) is 0. The van der Waals surface area contributed by atoms with Crippen LogP contribution in [0.25, 0.3) is 6.08 Å². The molecular formula is C25H20N2O5. The minimum atomic E-state index is -0.722. The molecule has 0 saturated carbocycles. The molecule has 0 radical (unpaired) electrons. The van der Waals surface area contributed by atoms with E-state index >= 15 is 0 Å². The number of barbiturate groups is 1. The monoisotopic (exact) mass is 428 g/mol. The minimum Gasteiger partial charge on any atom is -0.504 e. The molecule has 0 atom stereocenters. The molecule has 7 nitrogen and oxygen atoms in total. The molecule has 0 aromatic heterocycles. The summed E-state index contributed by atoms with van der Waals surface area (Å²) in [6.45, 7) is 0.0183. The van der Waals surface area contributed by atoms with Crippen LogP contribution in [0.4, 0.5) is 4.79 Å². The number of phenolic OH excluding ortho intramolecular Hbond substituents is 2. The van der Waals surface area contributed by atoms with Crippen LogP contribution in [0.1, 0.15) is 16.7 Å². The van der Waals surface area contributed by atoms with E-state index in [1.807, 2.05) is 12.1 Å². The lowest BCUT2D eigenvalue weighted by atomic mass is 10.0. The molecule has 0 bridgehead atoms. The molecule has 4 amide bonds. The third-order valence-corrected chi connectivity index (χ3v) is 5.09. The van der Waals surface area contributed by atoms with Crippen LogP contribution < -0.4 is 0 Å². The van der Waals surface area contributed by atoms with Crippen molar-refractivity contribution in [3.05, 3.63) is 101 Å². The Hall–Kier alpha value is -4.39. The molecule has 160 valence electrons. The van der Waals surface area contributed by atoms with E-state index in [0.29, 0.717) is 5.56 Å². The Morgan fingerprint density at radius 1 is 0.656 bits per heavy atom. The van der Waals surface area contributed by atoms with Crippen LogP contribution in [0.3, 0.4) is 0 Å². The molecule has 32 heavy (non-hydrogen) atoms. The van der Waals surface area contributed by atoms with Crippen LogP contribution in [-0.2, 0) is 22.7 Å². The summed E-state index contributed by atoms with van der Waals surface area (Å²) in [5, 5.41) is 19.3. The lowest BCUT2D eigenvalue weighted by Gasteiger charge is -2.34. The van der Waals surface area contributed by atoms with Gasteiger partial charge in [-0.3, -0.25) is 19.4 Å². The lowest BCUT2D eigenvalue weighted by molar-refractivity contribution is -0.136. The number of phenols is 2. The van der Waals surface area contributed by atoms with Crippen molar-refractivity contribution in [3.63, 3.8) is 0 Å². The van der Waals surface area contributed by atoms with Crippen LogP contribution in [-0.4, -0.2) is 37.9 Å². The number of carbonyl (C=O) groups excluding carboxylic acids is 3. The largest absolute Gasteiger partial charge is 0.504 e. The number of aromatic hydroxyl groups is 2. The van der Waals surface area contributed by atoms with Gasteiger partial charge >= 0.3 is 6.03 Å². The van der Waals surface area contributed by atoms with Gasteiger partial charge in [0, 0.05) is 0 Å². The molecule has 3 aromatic carbocycles. The number of hydrogen-bond donors (Lipinski definition) is 2. The van der Waals surface area contributed by atoms with Crippen LogP contribution in [0.5, 0.6) is 11.5 Å². The Morgan fingerprint density at radius 3 is 1.62 bits per heavy atom. The summed E-state index contributed by atoms with van der Waals surface area (Å²) >= 11 is 0. The second kappa shape index (κ2) is 8.77. The molecule has 1 fully saturated rings. The van der Waals surface area contributed by atoms with Gasteiger partial charge in [-0.2, -0.15) is 0 Å². The zero-order valence-electron chi connectivity index (χ0n) is 17.0. The van der Waals surface area contributed by atoms with Crippen LogP contribution in [0.2, 0.25) is 0 Å². The maximum Gasteiger partial charge on any atom is 0.334 e. The molecule has 0 unspecified atom stereocenters. The van der Waals surface area contributed by atoms with Crippen LogP contribution in [0.15, 0.2) is 84.4 Å². The van der Waals surface area contributed by atoms with Crippen molar-refractivity contribution >= 4 is 23.9 Å². The Bertz CT molecular complexity index is 1140. The van der Waals surface area contributed by atoms with E-state index in [4.69, 9.17) is 0 Å². The third kappa shape index (κ3) is 4.22. The predicted molar refractivity (Wildman–Crippen MR) is 117 cm³/mol. The summed E-state index contributed by atoms with van der Waals surface area (Å²) in [6.07, 6.45) is 1.31. The van der Waals surface area contributed by atoms with E-state index in [1.54, 1.807) is 48.5 Å². The molecule has 1 heterocycles. The number of hydrogen-bond acceptors (Lipinski definition) is 5. The summed E-state index contributed by atoms with van der Waals surface area (Å²) in [4.78, 5) is 41.6. The highest BCUT2D eigenvalue weighted by molar-refractivity contribution is 6.30. The number of amides is 4. The van der Waals surface area contributed by atoms with Crippen LogP contribution in [0, 0.1) is 0 Å². The number of nitrogens with zero attached hydrogens (tertiary/aromatic N) is 2. The van der Waals surface area contributed by atoms with Gasteiger partial charge in [-0.15, -0.1) is 0 Å². The Morgan fingerprint density at radius 2 is 1.16 bits per heavy atom. The maximum absolute atomic E-state index is 13.2. The maximum atomic E-state index is 13.2. The highest BCUT2D eigenvalue weighted by Gasteiger charge is 2.41. The fourth-order valence-corrected chi connectivity index (χ4v) is 3.43. The fraction of sp³-hybridized carbons (Fsp3) is 0.0800. The van der Waals surface area contributed by atoms with Crippen LogP contribution >= 0.6 is 0 Å². The molecule has 3 aromatic rings. The molecule has 1 saturated heterocycles. The van der Waals surface area contributed by atoms with Crippen molar-refractivity contribution in [2.45, 2.75) is 13.1 Å². The van der Waals surface area contributed by atoms with E-state index in [9.17, 15) is 24.6 Å². The van der Waals surface area contributed by atoms with Gasteiger partial charge in [0.2, 0.25) is 0 Å². The minimum absolute atomic E-state index is 0.00917. The number of imide groups is 2. The first-order chi connectivity index (χ1) is 15.4. The third-order valence-electron chi connectivity index (χ3n) is 5.09. The van der Waals surface area contributed by atoms with E-state index in [1.165, 1.54) is 24.3 Å². The first-order valence-electron chi connectivity index (χ1n) is 9.93. The number of urea groups is 1. The molecule has 4 rings (SSSR count). The highest BCUT2D eigenvalue weighted by atomic mass is 16.3. The molecule has 2 N–H and O–H groups in total. The van der Waals surface area contributed by atoms with E-state index < -0.39 is 17.8 Å². The fourth-order valence-electron chi connectivity index (χ4n) is 3.43. The smallest absolute Gasteiger partial charge is 0.334 e. The number of carbonyl (C=O) groups is 3. The standard InChI is InChI=1S/C25H20N2O5/c28-21-12-11-19(14-22(21)29)13-20-23(30)26(15-17-7-3-1-4-8-17)25(32)27(24(20)31)16-18-9-5-2-6-10-18/h1-14,28-29H,15-16H2. The lowest BCUT2D eigenvalue weighted by Crippen LogP contribution is -2.55. The second-order valence-electron chi connectivity index (χ2n) is 7.34. The van der Waals surface area contributed by atoms with Gasteiger partial charge in [0.15, 0.2) is 11.5 Å². The van der Waals surface area contributed by atoms with Crippen molar-refractivity contribution in [3.8, 4) is 11.5 Å². The van der Waals surface area contributed by atoms with E-state index in [2.05, 4.69) is 0 Å². The van der Waals surface area contributed by atoms with Gasteiger partial charge in [0.1, 0.15) is 5.57 Å². The van der Waals surface area contributed by atoms with Crippen molar-refractivity contribution < 1.29 is 24.6 Å². The second-order valence-corrected chi connectivity index (χ2v) is 7.34. The number of benzene rings is 3. The topological polar surface area (TPSA) is 98.1 Å². The Kier molecular flexibility index (Phi) is 5.72. The first kappa shape index (κ1) is 20.9. The summed E-state index contributed by atoms with van der Waals surface area (Å²) in [5.41, 5.74) is 1.61. The zero-order chi connectivity index (χ0) is 22.7. The molecule has 1 aliphatic rings. The zero-order valence-corrected chi connectivity index (χ0v) is 17.0. The van der Waals surface area contributed by atoms with Gasteiger partial charge in [-0.05, 0) is 34.9 Å².